The zero-order valence-electron chi connectivity index (χ0n) is 23.4. The summed E-state index contributed by atoms with van der Waals surface area (Å²) >= 11 is 3.29. The Kier molecular flexibility index (Phi) is 18.6. The standard InChI is InChI=1S/C26H46O8S2.CH4O/c1-16(29)8-9-19(15-36-26-18(3)34-22(14-28)24(26)32)10-11-20(30)7-5-4-6-12-35-25-17(2)33-21(13-27)23(25)31;1-2/h17-19,21-28,31-32H,4-15H2,1-3H3;2H,1H3/t17-,18-,19?,21+,22+,23?,24?,25+,26+;/m0./s1. The topological polar surface area (TPSA) is 154 Å². The van der Waals surface area contributed by atoms with Gasteiger partial charge in [-0.3, -0.25) is 4.79 Å². The average molecular weight is 583 g/mol. The van der Waals surface area contributed by atoms with Crippen LogP contribution in [0.3, 0.4) is 0 Å². The molecule has 2 fully saturated rings. The maximum absolute atomic E-state index is 12.5. The normalized spacial score (nSPS) is 31.6. The number of aliphatic hydroxyl groups excluding tert-OH is 5. The minimum absolute atomic E-state index is 0.0250. The lowest BCUT2D eigenvalue weighted by Crippen LogP contribution is -2.32. The highest BCUT2D eigenvalue weighted by Gasteiger charge is 2.42. The highest BCUT2D eigenvalue weighted by atomic mass is 32.2. The molecular formula is C27H50O9S2. The molecule has 9 atom stereocenters. The Balaban J connectivity index is 0.00000352. The van der Waals surface area contributed by atoms with Gasteiger partial charge in [0.2, 0.25) is 0 Å². The van der Waals surface area contributed by atoms with E-state index < -0.39 is 24.4 Å². The van der Waals surface area contributed by atoms with Gasteiger partial charge in [0.15, 0.2) is 0 Å². The SMILES string of the molecule is CC(=O)CCC(CCC(=O)CCCCCS[C@H]1C(O)[C@@H](CO)O[C@H]1C)CS[C@H]1C(O)[C@@H](CO)O[C@H]1C.CO. The summed E-state index contributed by atoms with van der Waals surface area (Å²) in [7, 11) is 1.00. The lowest BCUT2D eigenvalue weighted by Gasteiger charge is -2.21. The fraction of sp³-hybridized carbons (Fsp3) is 0.926. The molecule has 0 saturated carbocycles. The number of ketones is 2. The van der Waals surface area contributed by atoms with Crippen molar-refractivity contribution in [3.05, 3.63) is 0 Å². The molecule has 2 aliphatic rings. The van der Waals surface area contributed by atoms with Gasteiger partial charge in [-0.05, 0) is 63.9 Å². The summed E-state index contributed by atoms with van der Waals surface area (Å²) in [5.74, 6) is 2.25. The Labute approximate surface area is 236 Å². The van der Waals surface area contributed by atoms with Gasteiger partial charge in [0.05, 0.1) is 48.1 Å². The zero-order valence-corrected chi connectivity index (χ0v) is 25.0. The number of aliphatic hydroxyl groups is 5. The van der Waals surface area contributed by atoms with E-state index in [2.05, 4.69) is 0 Å². The molecule has 0 aliphatic carbocycles. The second-order valence-corrected chi connectivity index (χ2v) is 12.7. The van der Waals surface area contributed by atoms with Gasteiger partial charge in [0.25, 0.3) is 0 Å². The summed E-state index contributed by atoms with van der Waals surface area (Å²) in [6, 6.07) is 0. The lowest BCUT2D eigenvalue weighted by molar-refractivity contribution is -0.119. The molecule has 3 unspecified atom stereocenters. The molecule has 5 N–H and O–H groups in total. The fourth-order valence-corrected chi connectivity index (χ4v) is 7.78. The summed E-state index contributed by atoms with van der Waals surface area (Å²) < 4.78 is 11.2. The first-order valence-corrected chi connectivity index (χ1v) is 15.8. The van der Waals surface area contributed by atoms with Gasteiger partial charge in [-0.25, -0.2) is 0 Å². The van der Waals surface area contributed by atoms with Crippen LogP contribution in [0.25, 0.3) is 0 Å². The van der Waals surface area contributed by atoms with Gasteiger partial charge in [-0.1, -0.05) is 6.42 Å². The van der Waals surface area contributed by atoms with E-state index in [0.717, 1.165) is 50.7 Å². The second-order valence-electron chi connectivity index (χ2n) is 10.2. The van der Waals surface area contributed by atoms with Crippen molar-refractivity contribution < 1.29 is 44.6 Å². The zero-order chi connectivity index (χ0) is 28.7. The smallest absolute Gasteiger partial charge is 0.132 e. The van der Waals surface area contributed by atoms with E-state index in [1.54, 1.807) is 30.4 Å². The molecular weight excluding hydrogens is 532 g/mol. The maximum atomic E-state index is 12.5. The third kappa shape index (κ3) is 12.1. The molecule has 9 nitrogen and oxygen atoms in total. The first kappa shape index (κ1) is 35.8. The summed E-state index contributed by atoms with van der Waals surface area (Å²) in [4.78, 5) is 24.0. The number of rotatable bonds is 18. The highest BCUT2D eigenvalue weighted by Crippen LogP contribution is 2.34. The van der Waals surface area contributed by atoms with Crippen LogP contribution < -0.4 is 0 Å². The number of ether oxygens (including phenoxy) is 2. The van der Waals surface area contributed by atoms with Crippen molar-refractivity contribution in [3.63, 3.8) is 0 Å². The molecule has 0 spiro atoms. The van der Waals surface area contributed by atoms with Gasteiger partial charge in [0.1, 0.15) is 23.8 Å². The number of Topliss-reactive ketones (excluding diaryl/α,β-unsaturated/α-hetero) is 2. The van der Waals surface area contributed by atoms with Crippen molar-refractivity contribution in [2.45, 2.75) is 119 Å². The Hall–Kier alpha value is -0.240. The second kappa shape index (κ2) is 19.8. The van der Waals surface area contributed by atoms with E-state index in [-0.39, 0.29) is 53.4 Å². The van der Waals surface area contributed by atoms with Gasteiger partial charge < -0.3 is 39.8 Å². The van der Waals surface area contributed by atoms with Crippen molar-refractivity contribution in [3.8, 4) is 0 Å². The molecule has 2 aliphatic heterocycles. The van der Waals surface area contributed by atoms with E-state index in [4.69, 9.17) is 14.6 Å². The van der Waals surface area contributed by atoms with E-state index in [1.165, 1.54) is 0 Å². The molecule has 2 heterocycles. The summed E-state index contributed by atoms with van der Waals surface area (Å²) in [6.45, 7) is 5.04. The number of carbonyl (C=O) groups excluding carboxylic acids is 2. The summed E-state index contributed by atoms with van der Waals surface area (Å²) in [5, 5.41) is 46.1. The average Bonchev–Trinajstić information content (AvgIpc) is 3.34. The van der Waals surface area contributed by atoms with Crippen LogP contribution in [0.4, 0.5) is 0 Å². The predicted octanol–water partition coefficient (Wildman–Crippen LogP) is 1.97. The van der Waals surface area contributed by atoms with E-state index in [1.807, 2.05) is 13.8 Å². The first-order valence-electron chi connectivity index (χ1n) is 13.8. The van der Waals surface area contributed by atoms with Gasteiger partial charge >= 0.3 is 0 Å². The molecule has 0 aromatic carbocycles. The number of carbonyl (C=O) groups is 2. The Bertz CT molecular complexity index is 668. The minimum atomic E-state index is -0.716. The maximum Gasteiger partial charge on any atom is 0.132 e. The van der Waals surface area contributed by atoms with Gasteiger partial charge in [-0.2, -0.15) is 23.5 Å². The lowest BCUT2D eigenvalue weighted by atomic mass is 9.96. The first-order chi connectivity index (χ1) is 18.2. The molecule has 0 bridgehead atoms. The van der Waals surface area contributed by atoms with Crippen molar-refractivity contribution in [2.75, 3.05) is 31.8 Å². The monoisotopic (exact) mass is 582 g/mol. The van der Waals surface area contributed by atoms with E-state index in [9.17, 15) is 30.0 Å². The molecule has 38 heavy (non-hydrogen) atoms. The van der Waals surface area contributed by atoms with Crippen LogP contribution in [0.5, 0.6) is 0 Å². The quantitative estimate of drug-likeness (QED) is 0.151. The summed E-state index contributed by atoms with van der Waals surface area (Å²) in [6.07, 6.45) is 3.15. The van der Waals surface area contributed by atoms with Crippen LogP contribution in [-0.4, -0.2) is 116 Å². The number of hydrogen-bond acceptors (Lipinski definition) is 11. The molecule has 0 radical (unpaired) electrons. The van der Waals surface area contributed by atoms with Crippen LogP contribution >= 0.6 is 23.5 Å². The van der Waals surface area contributed by atoms with Gasteiger partial charge in [0, 0.05) is 26.4 Å². The van der Waals surface area contributed by atoms with Crippen LogP contribution in [-0.2, 0) is 19.1 Å². The predicted molar refractivity (Wildman–Crippen MR) is 152 cm³/mol. The van der Waals surface area contributed by atoms with Gasteiger partial charge in [-0.15, -0.1) is 0 Å². The van der Waals surface area contributed by atoms with Crippen molar-refractivity contribution in [2.24, 2.45) is 5.92 Å². The number of unbranched alkanes of at least 4 members (excludes halogenated alkanes) is 2. The largest absolute Gasteiger partial charge is 0.400 e. The Morgan fingerprint density at radius 1 is 0.789 bits per heavy atom. The molecule has 0 amide bonds. The Morgan fingerprint density at radius 2 is 1.32 bits per heavy atom. The molecule has 224 valence electrons. The number of hydrogen-bond donors (Lipinski definition) is 5. The molecule has 2 rings (SSSR count). The minimum Gasteiger partial charge on any atom is -0.400 e. The van der Waals surface area contributed by atoms with Crippen LogP contribution in [0.1, 0.15) is 72.1 Å². The molecule has 2 saturated heterocycles. The summed E-state index contributed by atoms with van der Waals surface area (Å²) in [5.41, 5.74) is 0. The molecule has 0 aromatic heterocycles. The third-order valence-electron chi connectivity index (χ3n) is 7.17. The Morgan fingerprint density at radius 3 is 1.82 bits per heavy atom. The molecule has 0 aromatic rings. The van der Waals surface area contributed by atoms with Crippen LogP contribution in [0.15, 0.2) is 0 Å². The van der Waals surface area contributed by atoms with Crippen LogP contribution in [0, 0.1) is 5.92 Å². The highest BCUT2D eigenvalue weighted by molar-refractivity contribution is 8.00. The number of thioether (sulfide) groups is 2. The van der Waals surface area contributed by atoms with Crippen molar-refractivity contribution in [1.29, 1.82) is 0 Å². The van der Waals surface area contributed by atoms with Crippen molar-refractivity contribution in [1.82, 2.24) is 0 Å². The van der Waals surface area contributed by atoms with E-state index >= 15 is 0 Å². The van der Waals surface area contributed by atoms with Crippen molar-refractivity contribution >= 4 is 35.1 Å². The molecule has 11 heteroatoms. The van der Waals surface area contributed by atoms with E-state index in [0.29, 0.717) is 19.3 Å². The van der Waals surface area contributed by atoms with Crippen LogP contribution in [0.2, 0.25) is 0 Å². The fourth-order valence-electron chi connectivity index (χ4n) is 4.89. The third-order valence-corrected chi connectivity index (χ3v) is 10.5.